The van der Waals surface area contributed by atoms with E-state index in [1.807, 2.05) is 0 Å². The molecule has 96 valence electrons. The molecule has 9 nitrogen and oxygen atoms in total. The molecule has 2 aromatic rings. The lowest BCUT2D eigenvalue weighted by molar-refractivity contribution is -0.383. The van der Waals surface area contributed by atoms with Crippen molar-refractivity contribution in [3.63, 3.8) is 0 Å². The van der Waals surface area contributed by atoms with Crippen molar-refractivity contribution in [1.82, 2.24) is 10.3 Å². The molecule has 0 aliphatic rings. The highest BCUT2D eigenvalue weighted by atomic mass is 16.6. The van der Waals surface area contributed by atoms with Crippen LogP contribution in [0.4, 0.5) is 11.4 Å². The normalized spacial score (nSPS) is 11.1. The van der Waals surface area contributed by atoms with Gasteiger partial charge in [0.2, 0.25) is 5.52 Å². The molecule has 1 aromatic carbocycles. The first-order valence-electron chi connectivity index (χ1n) is 5.05. The molecular weight excluding hydrogens is 244 g/mol. The number of non-ortho nitro benzene ring substituents is 1. The maximum atomic E-state index is 10.8. The summed E-state index contributed by atoms with van der Waals surface area (Å²) in [6.07, 6.45) is 0. The van der Waals surface area contributed by atoms with E-state index in [2.05, 4.69) is 20.3 Å². The molecule has 0 saturated heterocycles. The van der Waals surface area contributed by atoms with Gasteiger partial charge in [-0.25, -0.2) is 4.63 Å². The van der Waals surface area contributed by atoms with Gasteiger partial charge in [0.1, 0.15) is 0 Å². The number of nitro benzene ring substituents is 1. The van der Waals surface area contributed by atoms with Crippen molar-refractivity contribution in [2.24, 2.45) is 0 Å². The Bertz CT molecular complexity index is 565. The van der Waals surface area contributed by atoms with Gasteiger partial charge in [-0.1, -0.05) is 0 Å². The summed E-state index contributed by atoms with van der Waals surface area (Å²) in [5.41, 5.74) is 0.363. The number of rotatable bonds is 5. The van der Waals surface area contributed by atoms with Crippen LogP contribution in [0.1, 0.15) is 0 Å². The number of nitrogens with one attached hydrogen (secondary N) is 1. The molecule has 0 aliphatic carbocycles. The van der Waals surface area contributed by atoms with Crippen molar-refractivity contribution in [2.75, 3.05) is 18.5 Å². The maximum Gasteiger partial charge on any atom is 0.300 e. The van der Waals surface area contributed by atoms with Gasteiger partial charge >= 0.3 is 5.69 Å². The number of nitro groups is 1. The zero-order valence-electron chi connectivity index (χ0n) is 9.11. The molecule has 3 N–H and O–H groups in total. The Kier molecular flexibility index (Phi) is 3.35. The highest BCUT2D eigenvalue weighted by Gasteiger charge is 2.20. The van der Waals surface area contributed by atoms with E-state index in [1.165, 1.54) is 12.1 Å². The number of hydrogen-bond donors (Lipinski definition) is 3. The summed E-state index contributed by atoms with van der Waals surface area (Å²) in [6, 6.07) is 2.08. The molecule has 0 radical (unpaired) electrons. The average Bonchev–Trinajstić information content (AvgIpc) is 2.84. The Morgan fingerprint density at radius 1 is 1.33 bits per heavy atom. The third-order valence-corrected chi connectivity index (χ3v) is 2.39. The summed E-state index contributed by atoms with van der Waals surface area (Å²) in [6.45, 7) is -0.583. The van der Waals surface area contributed by atoms with Gasteiger partial charge in [0.15, 0.2) is 5.52 Å². The predicted molar refractivity (Wildman–Crippen MR) is 60.0 cm³/mol. The fourth-order valence-electron chi connectivity index (χ4n) is 1.49. The predicted octanol–water partition coefficient (Wildman–Crippen LogP) is -0.104. The number of fused-ring (bicyclic) bond motifs is 1. The van der Waals surface area contributed by atoms with Crippen LogP contribution in [-0.4, -0.2) is 44.7 Å². The Morgan fingerprint density at radius 3 is 2.61 bits per heavy atom. The lowest BCUT2D eigenvalue weighted by Crippen LogP contribution is -2.27. The van der Waals surface area contributed by atoms with Crippen LogP contribution in [0.25, 0.3) is 11.0 Å². The molecular formula is C9H10N4O5. The van der Waals surface area contributed by atoms with Gasteiger partial charge in [0.25, 0.3) is 0 Å². The topological polar surface area (TPSA) is 135 Å². The summed E-state index contributed by atoms with van der Waals surface area (Å²) in [7, 11) is 0. The smallest absolute Gasteiger partial charge is 0.300 e. The number of hydrogen-bond acceptors (Lipinski definition) is 8. The Labute approximate surface area is 100 Å². The molecule has 1 heterocycles. The third kappa shape index (κ3) is 2.08. The molecule has 0 amide bonds. The van der Waals surface area contributed by atoms with E-state index in [9.17, 15) is 10.1 Å². The van der Waals surface area contributed by atoms with E-state index in [1.54, 1.807) is 0 Å². The van der Waals surface area contributed by atoms with Crippen LogP contribution in [0, 0.1) is 10.1 Å². The number of nitrogens with zero attached hydrogens (tertiary/aromatic N) is 3. The van der Waals surface area contributed by atoms with E-state index < -0.39 is 11.0 Å². The van der Waals surface area contributed by atoms with Crippen LogP contribution in [-0.2, 0) is 0 Å². The van der Waals surface area contributed by atoms with Crippen LogP contribution in [0.15, 0.2) is 16.8 Å². The molecule has 0 aliphatic heterocycles. The van der Waals surface area contributed by atoms with Crippen molar-refractivity contribution >= 4 is 22.4 Å². The Hall–Kier alpha value is -2.26. The Balaban J connectivity index is 2.44. The third-order valence-electron chi connectivity index (χ3n) is 2.39. The van der Waals surface area contributed by atoms with Gasteiger partial charge < -0.3 is 15.5 Å². The van der Waals surface area contributed by atoms with E-state index in [-0.39, 0.29) is 29.9 Å². The van der Waals surface area contributed by atoms with Crippen LogP contribution in [0.3, 0.4) is 0 Å². The molecule has 18 heavy (non-hydrogen) atoms. The van der Waals surface area contributed by atoms with Gasteiger partial charge in [-0.05, 0) is 16.4 Å². The molecule has 2 rings (SSSR count). The minimum absolute atomic E-state index is 0.0135. The highest BCUT2D eigenvalue weighted by molar-refractivity contribution is 5.93. The molecule has 1 aromatic heterocycles. The van der Waals surface area contributed by atoms with Crippen molar-refractivity contribution < 1.29 is 19.8 Å². The molecule has 0 saturated carbocycles. The van der Waals surface area contributed by atoms with Gasteiger partial charge in [0, 0.05) is 6.07 Å². The molecule has 9 heteroatoms. The highest BCUT2D eigenvalue weighted by Crippen LogP contribution is 2.28. The van der Waals surface area contributed by atoms with Crippen LogP contribution >= 0.6 is 0 Å². The lowest BCUT2D eigenvalue weighted by atomic mass is 10.2. The zero-order chi connectivity index (χ0) is 13.1. The first-order chi connectivity index (χ1) is 8.67. The van der Waals surface area contributed by atoms with Gasteiger partial charge in [0.05, 0.1) is 29.9 Å². The maximum absolute atomic E-state index is 10.8. The second-order valence-corrected chi connectivity index (χ2v) is 3.56. The van der Waals surface area contributed by atoms with Crippen LogP contribution < -0.4 is 5.32 Å². The van der Waals surface area contributed by atoms with Crippen LogP contribution in [0.2, 0.25) is 0 Å². The summed E-state index contributed by atoms with van der Waals surface area (Å²) in [4.78, 5) is 10.2. The number of anilines is 1. The average molecular weight is 254 g/mol. The number of aliphatic hydroxyl groups is 2. The monoisotopic (exact) mass is 254 g/mol. The van der Waals surface area contributed by atoms with Crippen molar-refractivity contribution in [3.05, 3.63) is 22.2 Å². The molecule has 0 atom stereocenters. The molecule has 0 unspecified atom stereocenters. The fourth-order valence-corrected chi connectivity index (χ4v) is 1.49. The second-order valence-electron chi connectivity index (χ2n) is 3.56. The lowest BCUT2D eigenvalue weighted by Gasteiger charge is -2.14. The first-order valence-corrected chi connectivity index (χ1v) is 5.05. The van der Waals surface area contributed by atoms with E-state index in [4.69, 9.17) is 10.2 Å². The van der Waals surface area contributed by atoms with Crippen molar-refractivity contribution in [1.29, 1.82) is 0 Å². The zero-order valence-corrected chi connectivity index (χ0v) is 9.11. The van der Waals surface area contributed by atoms with Crippen molar-refractivity contribution in [3.8, 4) is 0 Å². The number of aromatic nitrogens is 2. The quantitative estimate of drug-likeness (QED) is 0.497. The minimum atomic E-state index is -0.591. The van der Waals surface area contributed by atoms with Gasteiger partial charge in [-0.15, -0.1) is 0 Å². The molecule has 0 spiro atoms. The molecule has 0 bridgehead atoms. The summed E-state index contributed by atoms with van der Waals surface area (Å²) in [5.74, 6) is 0. The van der Waals surface area contributed by atoms with Gasteiger partial charge in [-0.3, -0.25) is 10.1 Å². The molecule has 0 fully saturated rings. The van der Waals surface area contributed by atoms with Crippen LogP contribution in [0.5, 0.6) is 0 Å². The summed E-state index contributed by atoms with van der Waals surface area (Å²) >= 11 is 0. The Morgan fingerprint density at radius 2 is 2.00 bits per heavy atom. The van der Waals surface area contributed by atoms with Crippen molar-refractivity contribution in [2.45, 2.75) is 6.04 Å². The van der Waals surface area contributed by atoms with E-state index in [0.717, 1.165) is 0 Å². The largest absolute Gasteiger partial charge is 0.394 e. The first kappa shape index (κ1) is 12.2. The fraction of sp³-hybridized carbons (Fsp3) is 0.333. The summed E-state index contributed by atoms with van der Waals surface area (Å²) < 4.78 is 4.48. The van der Waals surface area contributed by atoms with Gasteiger partial charge in [-0.2, -0.15) is 0 Å². The standard InChI is InChI=1S/C9H10N4O5/c14-3-5(4-15)10-6-1-2-7(13(16)17)9-8(6)11-18-12-9/h1-2,5,10,14-15H,3-4H2. The SMILES string of the molecule is O=[N+]([O-])c1ccc(NC(CO)CO)c2nonc12. The number of benzene rings is 1. The summed E-state index contributed by atoms with van der Waals surface area (Å²) in [5, 5.41) is 38.5. The number of aliphatic hydroxyl groups excluding tert-OH is 2. The van der Waals surface area contributed by atoms with E-state index >= 15 is 0 Å². The van der Waals surface area contributed by atoms with E-state index in [0.29, 0.717) is 5.69 Å². The second kappa shape index (κ2) is 4.94. The minimum Gasteiger partial charge on any atom is -0.394 e.